The van der Waals surface area contributed by atoms with Gasteiger partial charge in [0.25, 0.3) is 0 Å². The number of carbonyl (C=O) groups excluding carboxylic acids is 1. The van der Waals surface area contributed by atoms with Gasteiger partial charge in [-0.3, -0.25) is 4.79 Å². The third kappa shape index (κ3) is 1.05. The fourth-order valence-corrected chi connectivity index (χ4v) is 1.06. The first-order valence-electron chi connectivity index (χ1n) is 3.40. The maximum absolute atomic E-state index is 10.7. The molecule has 2 unspecified atom stereocenters. The summed E-state index contributed by atoms with van der Waals surface area (Å²) in [7, 11) is 0. The SMILES string of the molecule is C#CC1C(=O)CC1OCC. The molecule has 0 aromatic rings. The van der Waals surface area contributed by atoms with Crippen LogP contribution in [0.3, 0.4) is 0 Å². The molecule has 0 aliphatic heterocycles. The van der Waals surface area contributed by atoms with Gasteiger partial charge < -0.3 is 4.74 Å². The van der Waals surface area contributed by atoms with Crippen molar-refractivity contribution >= 4 is 5.78 Å². The van der Waals surface area contributed by atoms with E-state index >= 15 is 0 Å². The van der Waals surface area contributed by atoms with Crippen molar-refractivity contribution < 1.29 is 9.53 Å². The van der Waals surface area contributed by atoms with E-state index in [-0.39, 0.29) is 17.8 Å². The molecule has 0 radical (unpaired) electrons. The molecule has 2 heteroatoms. The Morgan fingerprint density at radius 2 is 2.60 bits per heavy atom. The monoisotopic (exact) mass is 138 g/mol. The Bertz CT molecular complexity index is 178. The number of ether oxygens (including phenoxy) is 1. The quantitative estimate of drug-likeness (QED) is 0.523. The molecule has 10 heavy (non-hydrogen) atoms. The van der Waals surface area contributed by atoms with Gasteiger partial charge in [0.05, 0.1) is 6.10 Å². The Labute approximate surface area is 60.6 Å². The van der Waals surface area contributed by atoms with E-state index in [1.54, 1.807) is 0 Å². The molecule has 0 aromatic carbocycles. The standard InChI is InChI=1S/C8H10O2/c1-3-6-7(9)5-8(6)10-4-2/h1,6,8H,4-5H2,2H3. The van der Waals surface area contributed by atoms with Gasteiger partial charge >= 0.3 is 0 Å². The lowest BCUT2D eigenvalue weighted by Crippen LogP contribution is -2.42. The number of ketones is 1. The first kappa shape index (κ1) is 7.30. The van der Waals surface area contributed by atoms with Crippen LogP contribution in [0.4, 0.5) is 0 Å². The summed E-state index contributed by atoms with van der Waals surface area (Å²) >= 11 is 0. The Hall–Kier alpha value is -0.810. The van der Waals surface area contributed by atoms with Crippen LogP contribution >= 0.6 is 0 Å². The Morgan fingerprint density at radius 1 is 1.90 bits per heavy atom. The molecule has 0 bridgehead atoms. The number of hydrogen-bond donors (Lipinski definition) is 0. The second kappa shape index (κ2) is 2.85. The highest BCUT2D eigenvalue weighted by molar-refractivity contribution is 5.90. The summed E-state index contributed by atoms with van der Waals surface area (Å²) in [6.45, 7) is 2.53. The molecule has 54 valence electrons. The van der Waals surface area contributed by atoms with E-state index < -0.39 is 0 Å². The van der Waals surface area contributed by atoms with Gasteiger partial charge in [-0.2, -0.15) is 0 Å². The predicted octanol–water partition coefficient (Wildman–Crippen LogP) is 0.614. The minimum Gasteiger partial charge on any atom is -0.376 e. The predicted molar refractivity (Wildman–Crippen MR) is 37.4 cm³/mol. The molecule has 1 fully saturated rings. The van der Waals surface area contributed by atoms with Crippen LogP contribution in [-0.2, 0) is 9.53 Å². The van der Waals surface area contributed by atoms with E-state index in [2.05, 4.69) is 5.92 Å². The number of hydrogen-bond acceptors (Lipinski definition) is 2. The van der Waals surface area contributed by atoms with Crippen LogP contribution < -0.4 is 0 Å². The highest BCUT2D eigenvalue weighted by atomic mass is 16.5. The lowest BCUT2D eigenvalue weighted by Gasteiger charge is -2.30. The summed E-state index contributed by atoms with van der Waals surface area (Å²) < 4.78 is 5.19. The van der Waals surface area contributed by atoms with E-state index in [9.17, 15) is 4.79 Å². The van der Waals surface area contributed by atoms with Gasteiger partial charge in [-0.25, -0.2) is 0 Å². The van der Waals surface area contributed by atoms with E-state index in [4.69, 9.17) is 11.2 Å². The van der Waals surface area contributed by atoms with Crippen molar-refractivity contribution in [1.29, 1.82) is 0 Å². The molecule has 0 aromatic heterocycles. The molecule has 0 N–H and O–H groups in total. The van der Waals surface area contributed by atoms with Crippen molar-refractivity contribution in [1.82, 2.24) is 0 Å². The summed E-state index contributed by atoms with van der Waals surface area (Å²) in [4.78, 5) is 10.7. The fraction of sp³-hybridized carbons (Fsp3) is 0.625. The first-order valence-corrected chi connectivity index (χ1v) is 3.40. The van der Waals surface area contributed by atoms with Gasteiger partial charge in [-0.05, 0) is 6.92 Å². The molecule has 2 nitrogen and oxygen atoms in total. The van der Waals surface area contributed by atoms with E-state index in [0.717, 1.165) is 0 Å². The smallest absolute Gasteiger partial charge is 0.153 e. The minimum atomic E-state index is -0.264. The maximum Gasteiger partial charge on any atom is 0.153 e. The Morgan fingerprint density at radius 3 is 3.00 bits per heavy atom. The number of rotatable bonds is 2. The first-order chi connectivity index (χ1) is 4.79. The van der Waals surface area contributed by atoms with Gasteiger partial charge in [0.2, 0.25) is 0 Å². The molecule has 0 heterocycles. The van der Waals surface area contributed by atoms with Crippen molar-refractivity contribution in [2.75, 3.05) is 6.61 Å². The van der Waals surface area contributed by atoms with Crippen LogP contribution in [0.15, 0.2) is 0 Å². The second-order valence-electron chi connectivity index (χ2n) is 2.31. The van der Waals surface area contributed by atoms with Crippen LogP contribution in [0.5, 0.6) is 0 Å². The van der Waals surface area contributed by atoms with Crippen LogP contribution in [0.2, 0.25) is 0 Å². The molecule has 0 saturated heterocycles. The van der Waals surface area contributed by atoms with Crippen LogP contribution in [0, 0.1) is 18.3 Å². The average Bonchev–Trinajstić information content (AvgIpc) is 1.88. The van der Waals surface area contributed by atoms with Crippen LogP contribution in [0.1, 0.15) is 13.3 Å². The summed E-state index contributed by atoms with van der Waals surface area (Å²) in [5.41, 5.74) is 0. The Kier molecular flexibility index (Phi) is 2.08. The normalized spacial score (nSPS) is 31.0. The zero-order valence-electron chi connectivity index (χ0n) is 5.96. The molecule has 1 saturated carbocycles. The van der Waals surface area contributed by atoms with Crippen molar-refractivity contribution in [3.8, 4) is 12.3 Å². The molecule has 1 aliphatic rings. The van der Waals surface area contributed by atoms with Crippen molar-refractivity contribution in [3.05, 3.63) is 0 Å². The topological polar surface area (TPSA) is 26.3 Å². The molecule has 1 aliphatic carbocycles. The van der Waals surface area contributed by atoms with Crippen molar-refractivity contribution in [2.45, 2.75) is 19.4 Å². The van der Waals surface area contributed by atoms with E-state index in [1.165, 1.54) is 0 Å². The van der Waals surface area contributed by atoms with Crippen molar-refractivity contribution in [3.63, 3.8) is 0 Å². The molecule has 0 amide bonds. The van der Waals surface area contributed by atoms with E-state index in [0.29, 0.717) is 13.0 Å². The third-order valence-corrected chi connectivity index (χ3v) is 1.68. The zero-order valence-corrected chi connectivity index (χ0v) is 5.96. The van der Waals surface area contributed by atoms with Crippen LogP contribution in [-0.4, -0.2) is 18.5 Å². The highest BCUT2D eigenvalue weighted by Gasteiger charge is 2.38. The van der Waals surface area contributed by atoms with E-state index in [1.807, 2.05) is 6.92 Å². The summed E-state index contributed by atoms with van der Waals surface area (Å²) in [5, 5.41) is 0. The molecule has 2 atom stereocenters. The third-order valence-electron chi connectivity index (χ3n) is 1.68. The number of carbonyl (C=O) groups is 1. The summed E-state index contributed by atoms with van der Waals surface area (Å²) in [5.74, 6) is 2.29. The van der Waals surface area contributed by atoms with Gasteiger partial charge in [0, 0.05) is 13.0 Å². The lowest BCUT2D eigenvalue weighted by molar-refractivity contribution is -0.139. The van der Waals surface area contributed by atoms with Gasteiger partial charge in [-0.15, -0.1) is 6.42 Å². The molecular weight excluding hydrogens is 128 g/mol. The zero-order chi connectivity index (χ0) is 7.56. The van der Waals surface area contributed by atoms with Gasteiger partial charge in [0.15, 0.2) is 5.78 Å². The number of terminal acetylenes is 1. The molecule has 0 spiro atoms. The summed E-state index contributed by atoms with van der Waals surface area (Å²) in [6.07, 6.45) is 5.60. The lowest BCUT2D eigenvalue weighted by atomic mass is 9.81. The molecule has 1 rings (SSSR count). The second-order valence-corrected chi connectivity index (χ2v) is 2.31. The van der Waals surface area contributed by atoms with Gasteiger partial charge in [0.1, 0.15) is 5.92 Å². The largest absolute Gasteiger partial charge is 0.376 e. The summed E-state index contributed by atoms with van der Waals surface area (Å²) in [6, 6.07) is 0. The fourth-order valence-electron chi connectivity index (χ4n) is 1.06. The maximum atomic E-state index is 10.7. The molecular formula is C8H10O2. The van der Waals surface area contributed by atoms with Crippen molar-refractivity contribution in [2.24, 2.45) is 5.92 Å². The number of Topliss-reactive ketones (excluding diaryl/α,β-unsaturated/α-hetero) is 1. The van der Waals surface area contributed by atoms with Crippen LogP contribution in [0.25, 0.3) is 0 Å². The highest BCUT2D eigenvalue weighted by Crippen LogP contribution is 2.25. The Balaban J connectivity index is 2.40. The van der Waals surface area contributed by atoms with Gasteiger partial charge in [-0.1, -0.05) is 5.92 Å². The minimum absolute atomic E-state index is 0.00231. The average molecular weight is 138 g/mol.